The first-order valence-corrected chi connectivity index (χ1v) is 7.80. The molecule has 3 rings (SSSR count). The summed E-state index contributed by atoms with van der Waals surface area (Å²) in [5.74, 6) is -0.709. The zero-order chi connectivity index (χ0) is 17.3. The van der Waals surface area contributed by atoms with Crippen LogP contribution in [0, 0.1) is 12.7 Å². The van der Waals surface area contributed by atoms with E-state index in [-0.39, 0.29) is 11.8 Å². The van der Waals surface area contributed by atoms with Gasteiger partial charge in [-0.2, -0.15) is 5.10 Å². The fourth-order valence-corrected chi connectivity index (χ4v) is 2.80. The van der Waals surface area contributed by atoms with Crippen LogP contribution in [0.5, 0.6) is 0 Å². The van der Waals surface area contributed by atoms with Gasteiger partial charge < -0.3 is 9.80 Å². The third-order valence-corrected chi connectivity index (χ3v) is 4.39. The Kier molecular flexibility index (Phi) is 4.33. The number of halogens is 1. The number of carbonyl (C=O) groups is 2. The smallest absolute Gasteiger partial charge is 0.257 e. The first-order valence-electron chi connectivity index (χ1n) is 7.80. The molecule has 2 heterocycles. The summed E-state index contributed by atoms with van der Waals surface area (Å²) in [6, 6.07) is 5.66. The molecule has 0 bridgehead atoms. The number of hydrogen-bond acceptors (Lipinski definition) is 3. The van der Waals surface area contributed by atoms with Crippen LogP contribution in [0.25, 0.3) is 0 Å². The van der Waals surface area contributed by atoms with E-state index >= 15 is 0 Å². The van der Waals surface area contributed by atoms with E-state index < -0.39 is 5.82 Å². The number of rotatable bonds is 2. The minimum Gasteiger partial charge on any atom is -0.335 e. The first-order chi connectivity index (χ1) is 11.5. The summed E-state index contributed by atoms with van der Waals surface area (Å²) in [7, 11) is 1.79. The molecular weight excluding hydrogens is 311 g/mol. The molecule has 1 aromatic carbocycles. The number of aryl methyl sites for hydroxylation is 1. The average molecular weight is 330 g/mol. The van der Waals surface area contributed by atoms with Gasteiger partial charge >= 0.3 is 0 Å². The van der Waals surface area contributed by atoms with Gasteiger partial charge in [0.2, 0.25) is 0 Å². The molecule has 1 saturated heterocycles. The molecule has 1 fully saturated rings. The Hall–Kier alpha value is -2.70. The molecule has 126 valence electrons. The maximum atomic E-state index is 13.3. The molecule has 0 spiro atoms. The highest BCUT2D eigenvalue weighted by Crippen LogP contribution is 2.14. The number of amides is 2. The van der Waals surface area contributed by atoms with Gasteiger partial charge in [-0.25, -0.2) is 4.39 Å². The normalized spacial score (nSPS) is 14.8. The lowest BCUT2D eigenvalue weighted by Crippen LogP contribution is -2.50. The van der Waals surface area contributed by atoms with Crippen LogP contribution in [-0.2, 0) is 7.05 Å². The van der Waals surface area contributed by atoms with Crippen molar-refractivity contribution >= 4 is 11.8 Å². The highest BCUT2D eigenvalue weighted by molar-refractivity contribution is 5.96. The van der Waals surface area contributed by atoms with Gasteiger partial charge in [-0.15, -0.1) is 0 Å². The third-order valence-electron chi connectivity index (χ3n) is 4.39. The van der Waals surface area contributed by atoms with E-state index in [1.807, 2.05) is 6.92 Å². The monoisotopic (exact) mass is 330 g/mol. The van der Waals surface area contributed by atoms with Crippen LogP contribution in [0.1, 0.15) is 26.4 Å². The lowest BCUT2D eigenvalue weighted by Gasteiger charge is -2.34. The Morgan fingerprint density at radius 3 is 2.25 bits per heavy atom. The minimum atomic E-state index is -0.429. The summed E-state index contributed by atoms with van der Waals surface area (Å²) in [5, 5.41) is 4.09. The van der Waals surface area contributed by atoms with Crippen LogP contribution in [0.4, 0.5) is 4.39 Å². The van der Waals surface area contributed by atoms with E-state index in [9.17, 15) is 14.0 Å². The van der Waals surface area contributed by atoms with E-state index in [1.54, 1.807) is 33.8 Å². The molecule has 6 nitrogen and oxygen atoms in total. The van der Waals surface area contributed by atoms with E-state index in [4.69, 9.17) is 0 Å². The molecule has 1 aliphatic heterocycles. The summed E-state index contributed by atoms with van der Waals surface area (Å²) >= 11 is 0. The maximum Gasteiger partial charge on any atom is 0.257 e. The van der Waals surface area contributed by atoms with Crippen molar-refractivity contribution in [2.75, 3.05) is 26.2 Å². The van der Waals surface area contributed by atoms with Gasteiger partial charge in [0.05, 0.1) is 11.8 Å². The molecule has 0 saturated carbocycles. The SMILES string of the molecule is Cc1c(C(=O)N2CCN(C(=O)c3cccc(F)c3)CC2)cnn1C. The lowest BCUT2D eigenvalue weighted by molar-refractivity contribution is 0.0534. The maximum absolute atomic E-state index is 13.3. The summed E-state index contributed by atoms with van der Waals surface area (Å²) in [4.78, 5) is 28.3. The lowest BCUT2D eigenvalue weighted by atomic mass is 10.1. The van der Waals surface area contributed by atoms with Crippen molar-refractivity contribution in [3.8, 4) is 0 Å². The van der Waals surface area contributed by atoms with Crippen molar-refractivity contribution in [1.82, 2.24) is 19.6 Å². The van der Waals surface area contributed by atoms with Crippen molar-refractivity contribution in [2.24, 2.45) is 7.05 Å². The number of piperazine rings is 1. The first kappa shape index (κ1) is 16.2. The van der Waals surface area contributed by atoms with Crippen LogP contribution in [0.2, 0.25) is 0 Å². The summed E-state index contributed by atoms with van der Waals surface area (Å²) < 4.78 is 14.9. The number of benzene rings is 1. The molecule has 0 aliphatic carbocycles. The Labute approximate surface area is 139 Å². The van der Waals surface area contributed by atoms with E-state index in [2.05, 4.69) is 5.10 Å². The zero-order valence-corrected chi connectivity index (χ0v) is 13.7. The Bertz CT molecular complexity index is 779. The van der Waals surface area contributed by atoms with Crippen molar-refractivity contribution in [1.29, 1.82) is 0 Å². The van der Waals surface area contributed by atoms with Crippen molar-refractivity contribution in [3.63, 3.8) is 0 Å². The van der Waals surface area contributed by atoms with Gasteiger partial charge in [-0.3, -0.25) is 14.3 Å². The standard InChI is InChI=1S/C17H19FN4O2/c1-12-15(11-19-20(12)2)17(24)22-8-6-21(7-9-22)16(23)13-4-3-5-14(18)10-13/h3-5,10-11H,6-9H2,1-2H3. The molecule has 1 aliphatic rings. The molecule has 0 N–H and O–H groups in total. The molecule has 0 radical (unpaired) electrons. The predicted molar refractivity (Wildman–Crippen MR) is 86.2 cm³/mol. The highest BCUT2D eigenvalue weighted by Gasteiger charge is 2.27. The van der Waals surface area contributed by atoms with E-state index in [0.29, 0.717) is 37.3 Å². The molecule has 0 unspecified atom stereocenters. The Morgan fingerprint density at radius 1 is 1.08 bits per heavy atom. The second-order valence-electron chi connectivity index (χ2n) is 5.86. The van der Waals surface area contributed by atoms with E-state index in [0.717, 1.165) is 5.69 Å². The van der Waals surface area contributed by atoms with Crippen LogP contribution in [0.15, 0.2) is 30.5 Å². The summed E-state index contributed by atoms with van der Waals surface area (Å²) in [6.07, 6.45) is 1.57. The fourth-order valence-electron chi connectivity index (χ4n) is 2.80. The van der Waals surface area contributed by atoms with Gasteiger partial charge in [-0.1, -0.05) is 6.07 Å². The van der Waals surface area contributed by atoms with Gasteiger partial charge in [-0.05, 0) is 25.1 Å². The van der Waals surface area contributed by atoms with Gasteiger partial charge in [0.1, 0.15) is 5.82 Å². The van der Waals surface area contributed by atoms with Gasteiger partial charge in [0, 0.05) is 44.5 Å². The quantitative estimate of drug-likeness (QED) is 0.838. The molecular formula is C17H19FN4O2. The van der Waals surface area contributed by atoms with Gasteiger partial charge in [0.15, 0.2) is 0 Å². The van der Waals surface area contributed by atoms with Crippen LogP contribution in [-0.4, -0.2) is 57.6 Å². The topological polar surface area (TPSA) is 58.4 Å². The van der Waals surface area contributed by atoms with Crippen LogP contribution >= 0.6 is 0 Å². The summed E-state index contributed by atoms with van der Waals surface area (Å²) in [6.45, 7) is 3.62. The minimum absolute atomic E-state index is 0.0709. The second-order valence-corrected chi connectivity index (χ2v) is 5.86. The number of nitrogens with zero attached hydrogens (tertiary/aromatic N) is 4. The fraction of sp³-hybridized carbons (Fsp3) is 0.353. The van der Waals surface area contributed by atoms with Crippen molar-refractivity contribution in [2.45, 2.75) is 6.92 Å². The van der Waals surface area contributed by atoms with E-state index in [1.165, 1.54) is 18.2 Å². The number of hydrogen-bond donors (Lipinski definition) is 0. The highest BCUT2D eigenvalue weighted by atomic mass is 19.1. The van der Waals surface area contributed by atoms with Crippen LogP contribution in [0.3, 0.4) is 0 Å². The Balaban J connectivity index is 1.64. The molecule has 2 aromatic rings. The number of aromatic nitrogens is 2. The Morgan fingerprint density at radius 2 is 1.71 bits per heavy atom. The second kappa shape index (κ2) is 6.43. The third kappa shape index (κ3) is 3.02. The molecule has 7 heteroatoms. The molecule has 24 heavy (non-hydrogen) atoms. The molecule has 1 aromatic heterocycles. The number of carbonyl (C=O) groups excluding carboxylic acids is 2. The van der Waals surface area contributed by atoms with Crippen LogP contribution < -0.4 is 0 Å². The molecule has 2 amide bonds. The largest absolute Gasteiger partial charge is 0.335 e. The predicted octanol–water partition coefficient (Wildman–Crippen LogP) is 1.47. The summed E-state index contributed by atoms with van der Waals surface area (Å²) in [5.41, 5.74) is 1.73. The zero-order valence-electron chi connectivity index (χ0n) is 13.7. The van der Waals surface area contributed by atoms with Crippen molar-refractivity contribution in [3.05, 3.63) is 53.1 Å². The van der Waals surface area contributed by atoms with Gasteiger partial charge in [0.25, 0.3) is 11.8 Å². The molecule has 0 atom stereocenters. The average Bonchev–Trinajstić information content (AvgIpc) is 2.93. The van der Waals surface area contributed by atoms with Crippen molar-refractivity contribution < 1.29 is 14.0 Å².